The van der Waals surface area contributed by atoms with Crippen LogP contribution in [0, 0.1) is 0 Å². The molecule has 3 aromatic rings. The van der Waals surface area contributed by atoms with Crippen molar-refractivity contribution in [1.82, 2.24) is 20.5 Å². The average molecular weight is 517 g/mol. The molecule has 0 saturated carbocycles. The predicted molar refractivity (Wildman–Crippen MR) is 138 cm³/mol. The highest BCUT2D eigenvalue weighted by molar-refractivity contribution is 5.95. The molecule has 3 aliphatic rings. The number of aromatic nitrogens is 1. The standard InChI is InChI=1S/C28H28N4O6/c1-17(33)32-14-24-26(15-32)38-23-7-6-19(25(10-23)36-2)13-30-27(34)16-37-22-5-3-4-18(9-22)20-8-21(12-29-11-20)28(35)31-24/h3-12,24,26H,13-16H2,1-2H3,(H,30,34)(H,31,35)/t24-,26-/m0/s1. The minimum atomic E-state index is -0.478. The second-order valence-corrected chi connectivity index (χ2v) is 9.19. The Morgan fingerprint density at radius 3 is 2.68 bits per heavy atom. The van der Waals surface area contributed by atoms with Gasteiger partial charge in [-0.1, -0.05) is 12.1 Å². The lowest BCUT2D eigenvalue weighted by atomic mass is 10.1. The minimum Gasteiger partial charge on any atom is -0.496 e. The summed E-state index contributed by atoms with van der Waals surface area (Å²) < 4.78 is 17.5. The highest BCUT2D eigenvalue weighted by Gasteiger charge is 2.37. The van der Waals surface area contributed by atoms with E-state index in [1.165, 1.54) is 20.2 Å². The number of benzene rings is 2. The fourth-order valence-electron chi connectivity index (χ4n) is 4.54. The second kappa shape index (κ2) is 10.8. The first-order valence-electron chi connectivity index (χ1n) is 12.2. The molecule has 38 heavy (non-hydrogen) atoms. The van der Waals surface area contributed by atoms with Gasteiger partial charge in [-0.15, -0.1) is 0 Å². The average Bonchev–Trinajstić information content (AvgIpc) is 3.33. The van der Waals surface area contributed by atoms with Gasteiger partial charge in [0.15, 0.2) is 6.61 Å². The van der Waals surface area contributed by atoms with Gasteiger partial charge in [0, 0.05) is 49.6 Å². The van der Waals surface area contributed by atoms with E-state index in [-0.39, 0.29) is 30.9 Å². The largest absolute Gasteiger partial charge is 0.496 e. The Kier molecular flexibility index (Phi) is 7.12. The van der Waals surface area contributed by atoms with Crippen molar-refractivity contribution in [3.05, 3.63) is 72.1 Å². The Labute approximate surface area is 219 Å². The van der Waals surface area contributed by atoms with E-state index in [0.29, 0.717) is 35.9 Å². The molecular weight excluding hydrogens is 488 g/mol. The molecule has 2 atom stereocenters. The molecular formula is C28H28N4O6. The van der Waals surface area contributed by atoms with Gasteiger partial charge in [0.05, 0.1) is 25.3 Å². The number of nitrogens with one attached hydrogen (secondary N) is 2. The number of methoxy groups -OCH3 is 1. The van der Waals surface area contributed by atoms with Crippen LogP contribution in [0.4, 0.5) is 0 Å². The molecule has 1 aromatic heterocycles. The summed E-state index contributed by atoms with van der Waals surface area (Å²) in [6.45, 7) is 2.21. The van der Waals surface area contributed by atoms with Crippen LogP contribution in [0.1, 0.15) is 22.8 Å². The van der Waals surface area contributed by atoms with Crippen LogP contribution in [0.3, 0.4) is 0 Å². The summed E-state index contributed by atoms with van der Waals surface area (Å²) in [4.78, 5) is 43.8. The fourth-order valence-corrected chi connectivity index (χ4v) is 4.54. The lowest BCUT2D eigenvalue weighted by Crippen LogP contribution is -2.45. The van der Waals surface area contributed by atoms with Crippen molar-refractivity contribution in [1.29, 1.82) is 0 Å². The molecule has 196 valence electrons. The number of hydrogen-bond acceptors (Lipinski definition) is 7. The van der Waals surface area contributed by atoms with Gasteiger partial charge >= 0.3 is 0 Å². The third kappa shape index (κ3) is 5.54. The van der Waals surface area contributed by atoms with Crippen LogP contribution in [0.15, 0.2) is 60.9 Å². The molecule has 2 aromatic carbocycles. The number of rotatable bonds is 1. The van der Waals surface area contributed by atoms with E-state index in [1.54, 1.807) is 47.5 Å². The summed E-state index contributed by atoms with van der Waals surface area (Å²) in [7, 11) is 1.54. The molecule has 6 bridgehead atoms. The smallest absolute Gasteiger partial charge is 0.258 e. The molecule has 0 aliphatic carbocycles. The maximum atomic E-state index is 13.3. The molecule has 3 aliphatic heterocycles. The Bertz CT molecular complexity index is 1380. The molecule has 4 heterocycles. The molecule has 0 spiro atoms. The molecule has 10 heteroatoms. The van der Waals surface area contributed by atoms with Crippen molar-refractivity contribution in [2.24, 2.45) is 0 Å². The van der Waals surface area contributed by atoms with Crippen molar-refractivity contribution in [2.75, 3.05) is 26.8 Å². The number of hydrogen-bond donors (Lipinski definition) is 2. The number of pyridine rings is 1. The first-order chi connectivity index (χ1) is 18.4. The van der Waals surface area contributed by atoms with Gasteiger partial charge in [-0.3, -0.25) is 19.4 Å². The van der Waals surface area contributed by atoms with Gasteiger partial charge in [0.25, 0.3) is 11.8 Å². The topological polar surface area (TPSA) is 119 Å². The summed E-state index contributed by atoms with van der Waals surface area (Å²) in [6, 6.07) is 13.8. The van der Waals surface area contributed by atoms with E-state index >= 15 is 0 Å². The number of carbonyl (C=O) groups excluding carboxylic acids is 3. The van der Waals surface area contributed by atoms with Crippen molar-refractivity contribution in [3.8, 4) is 28.4 Å². The number of carbonyl (C=O) groups is 3. The number of likely N-dealkylation sites (tertiary alicyclic amines) is 1. The Hall–Kier alpha value is -4.60. The lowest BCUT2D eigenvalue weighted by Gasteiger charge is -2.22. The van der Waals surface area contributed by atoms with Gasteiger partial charge in [0.2, 0.25) is 5.91 Å². The van der Waals surface area contributed by atoms with Gasteiger partial charge in [-0.2, -0.15) is 0 Å². The van der Waals surface area contributed by atoms with E-state index in [1.807, 2.05) is 12.1 Å². The monoisotopic (exact) mass is 516 g/mol. The highest BCUT2D eigenvalue weighted by atomic mass is 16.5. The van der Waals surface area contributed by atoms with Crippen LogP contribution in [0.5, 0.6) is 17.2 Å². The maximum absolute atomic E-state index is 13.3. The number of nitrogens with zero attached hydrogens (tertiary/aromatic N) is 2. The Morgan fingerprint density at radius 1 is 1.03 bits per heavy atom. The molecule has 1 saturated heterocycles. The lowest BCUT2D eigenvalue weighted by molar-refractivity contribution is -0.128. The van der Waals surface area contributed by atoms with Crippen LogP contribution in [0.25, 0.3) is 11.1 Å². The SMILES string of the molecule is COc1cc2ccc1CNC(=O)COc1cccc(c1)-c1cncc(c1)C(=O)N[C@H]1CN(C(C)=O)C[C@@H]1O2. The first-order valence-corrected chi connectivity index (χ1v) is 12.2. The number of fused-ring (bicyclic) bond motifs is 7. The number of ether oxygens (including phenoxy) is 3. The second-order valence-electron chi connectivity index (χ2n) is 9.19. The fraction of sp³-hybridized carbons (Fsp3) is 0.286. The summed E-state index contributed by atoms with van der Waals surface area (Å²) in [6.07, 6.45) is 2.67. The summed E-state index contributed by atoms with van der Waals surface area (Å²) in [5.74, 6) is 0.858. The zero-order chi connectivity index (χ0) is 26.6. The zero-order valence-electron chi connectivity index (χ0n) is 21.1. The first kappa shape index (κ1) is 25.1. The predicted octanol–water partition coefficient (Wildman–Crippen LogP) is 2.17. The van der Waals surface area contributed by atoms with Gasteiger partial charge in [0.1, 0.15) is 23.4 Å². The Balaban J connectivity index is 1.50. The van der Waals surface area contributed by atoms with Gasteiger partial charge < -0.3 is 29.7 Å². The van der Waals surface area contributed by atoms with E-state index < -0.39 is 12.1 Å². The van der Waals surface area contributed by atoms with Crippen molar-refractivity contribution >= 4 is 17.7 Å². The van der Waals surface area contributed by atoms with Crippen molar-refractivity contribution in [2.45, 2.75) is 25.6 Å². The van der Waals surface area contributed by atoms with Crippen LogP contribution >= 0.6 is 0 Å². The molecule has 10 nitrogen and oxygen atoms in total. The van der Waals surface area contributed by atoms with Crippen LogP contribution in [-0.4, -0.2) is 66.6 Å². The molecule has 1 fully saturated rings. The highest BCUT2D eigenvalue weighted by Crippen LogP contribution is 2.28. The van der Waals surface area contributed by atoms with Crippen molar-refractivity contribution in [3.63, 3.8) is 0 Å². The molecule has 0 unspecified atom stereocenters. The third-order valence-electron chi connectivity index (χ3n) is 6.59. The zero-order valence-corrected chi connectivity index (χ0v) is 21.1. The maximum Gasteiger partial charge on any atom is 0.258 e. The molecule has 0 radical (unpaired) electrons. The van der Waals surface area contributed by atoms with Crippen LogP contribution < -0.4 is 24.8 Å². The van der Waals surface area contributed by atoms with Gasteiger partial charge in [-0.05, 0) is 35.9 Å². The quantitative estimate of drug-likeness (QED) is 0.509. The van der Waals surface area contributed by atoms with Gasteiger partial charge in [-0.25, -0.2) is 0 Å². The summed E-state index contributed by atoms with van der Waals surface area (Å²) in [5, 5.41) is 5.87. The Morgan fingerprint density at radius 2 is 1.87 bits per heavy atom. The number of amides is 3. The van der Waals surface area contributed by atoms with E-state index in [0.717, 1.165) is 16.7 Å². The van der Waals surface area contributed by atoms with E-state index in [4.69, 9.17) is 14.2 Å². The minimum absolute atomic E-state index is 0.102. The van der Waals surface area contributed by atoms with E-state index in [9.17, 15) is 14.4 Å². The van der Waals surface area contributed by atoms with Crippen LogP contribution in [-0.2, 0) is 16.1 Å². The summed E-state index contributed by atoms with van der Waals surface area (Å²) >= 11 is 0. The molecule has 2 N–H and O–H groups in total. The van der Waals surface area contributed by atoms with Crippen molar-refractivity contribution < 1.29 is 28.6 Å². The molecule has 6 rings (SSSR count). The third-order valence-corrected chi connectivity index (χ3v) is 6.59. The summed E-state index contributed by atoms with van der Waals surface area (Å²) in [5.41, 5.74) is 2.64. The molecule has 3 amide bonds. The van der Waals surface area contributed by atoms with E-state index in [2.05, 4.69) is 15.6 Å². The van der Waals surface area contributed by atoms with Crippen LogP contribution in [0.2, 0.25) is 0 Å². The normalized spacial score (nSPS) is 19.4.